The number of rotatable bonds is 4. The number of nitrogens with one attached hydrogen (secondary N) is 2. The van der Waals surface area contributed by atoms with Crippen molar-refractivity contribution < 1.29 is 9.59 Å². The molecule has 0 aromatic heterocycles. The lowest BCUT2D eigenvalue weighted by Gasteiger charge is -2.08. The highest BCUT2D eigenvalue weighted by atomic mass is 16.2. The first-order valence-corrected chi connectivity index (χ1v) is 6.35. The molecule has 0 aliphatic heterocycles. The van der Waals surface area contributed by atoms with E-state index in [-0.39, 0.29) is 18.2 Å². The van der Waals surface area contributed by atoms with Crippen LogP contribution < -0.4 is 10.6 Å². The summed E-state index contributed by atoms with van der Waals surface area (Å²) in [5.41, 5.74) is 2.37. The first-order chi connectivity index (χ1) is 9.65. The zero-order valence-corrected chi connectivity index (χ0v) is 11.2. The Labute approximate surface area is 117 Å². The molecule has 20 heavy (non-hydrogen) atoms. The first-order valence-electron chi connectivity index (χ1n) is 6.35. The third kappa shape index (κ3) is 3.95. The van der Waals surface area contributed by atoms with Gasteiger partial charge in [-0.05, 0) is 30.7 Å². The predicted octanol–water partition coefficient (Wildman–Crippen LogP) is 2.96. The van der Waals surface area contributed by atoms with E-state index in [9.17, 15) is 9.59 Å². The molecule has 2 amide bonds. The molecule has 0 atom stereocenters. The number of carbonyl (C=O) groups is 2. The smallest absolute Gasteiger partial charge is 0.233 e. The van der Waals surface area contributed by atoms with Crippen molar-refractivity contribution in [3.63, 3.8) is 0 Å². The predicted molar refractivity (Wildman–Crippen MR) is 79.5 cm³/mol. The van der Waals surface area contributed by atoms with Crippen LogP contribution in [0, 0.1) is 6.92 Å². The molecule has 2 N–H and O–H groups in total. The maximum absolute atomic E-state index is 11.8. The molecule has 0 radical (unpaired) electrons. The maximum atomic E-state index is 11.8. The third-order valence-electron chi connectivity index (χ3n) is 2.80. The van der Waals surface area contributed by atoms with E-state index in [1.54, 1.807) is 12.1 Å². The van der Waals surface area contributed by atoms with E-state index < -0.39 is 0 Å². The van der Waals surface area contributed by atoms with Crippen LogP contribution in [0.3, 0.4) is 0 Å². The molecular formula is C16H16N2O2. The van der Waals surface area contributed by atoms with Crippen LogP contribution in [-0.4, -0.2) is 11.8 Å². The van der Waals surface area contributed by atoms with Crippen LogP contribution in [0.15, 0.2) is 54.6 Å². The van der Waals surface area contributed by atoms with Crippen molar-refractivity contribution in [1.29, 1.82) is 0 Å². The number of anilines is 2. The van der Waals surface area contributed by atoms with Crippen molar-refractivity contribution in [2.45, 2.75) is 13.3 Å². The summed E-state index contributed by atoms with van der Waals surface area (Å²) < 4.78 is 0. The van der Waals surface area contributed by atoms with E-state index in [0.717, 1.165) is 11.3 Å². The Hall–Kier alpha value is -2.62. The van der Waals surface area contributed by atoms with Gasteiger partial charge in [0.25, 0.3) is 0 Å². The van der Waals surface area contributed by atoms with Gasteiger partial charge in [0, 0.05) is 11.4 Å². The summed E-state index contributed by atoms with van der Waals surface area (Å²) in [5, 5.41) is 5.40. The minimum absolute atomic E-state index is 0.205. The van der Waals surface area contributed by atoms with Gasteiger partial charge < -0.3 is 10.6 Å². The molecule has 0 saturated carbocycles. The highest BCUT2D eigenvalue weighted by Crippen LogP contribution is 2.13. The van der Waals surface area contributed by atoms with Crippen LogP contribution in [0.4, 0.5) is 11.4 Å². The molecule has 0 aliphatic carbocycles. The van der Waals surface area contributed by atoms with Crippen molar-refractivity contribution in [1.82, 2.24) is 0 Å². The molecule has 0 bridgehead atoms. The fraction of sp³-hybridized carbons (Fsp3) is 0.125. The summed E-state index contributed by atoms with van der Waals surface area (Å²) >= 11 is 0. The normalized spacial score (nSPS) is 9.85. The Bertz CT molecular complexity index is 609. The number of para-hydroxylation sites is 2. The van der Waals surface area contributed by atoms with Crippen molar-refractivity contribution in [2.24, 2.45) is 0 Å². The second-order valence-corrected chi connectivity index (χ2v) is 4.45. The molecule has 0 fully saturated rings. The highest BCUT2D eigenvalue weighted by molar-refractivity contribution is 6.08. The Morgan fingerprint density at radius 2 is 1.45 bits per heavy atom. The molecule has 4 heteroatoms. The van der Waals surface area contributed by atoms with Gasteiger partial charge in [0.15, 0.2) is 0 Å². The second kappa shape index (κ2) is 6.52. The number of amides is 2. The van der Waals surface area contributed by atoms with Gasteiger partial charge in [0.05, 0.1) is 0 Å². The number of hydrogen-bond acceptors (Lipinski definition) is 2. The Morgan fingerprint density at radius 1 is 0.850 bits per heavy atom. The van der Waals surface area contributed by atoms with Gasteiger partial charge in [-0.25, -0.2) is 0 Å². The lowest BCUT2D eigenvalue weighted by atomic mass is 10.2. The Balaban J connectivity index is 1.89. The first kappa shape index (κ1) is 13.8. The topological polar surface area (TPSA) is 58.2 Å². The molecular weight excluding hydrogens is 252 g/mol. The van der Waals surface area contributed by atoms with E-state index in [2.05, 4.69) is 10.6 Å². The second-order valence-electron chi connectivity index (χ2n) is 4.45. The SMILES string of the molecule is Cc1ccccc1NC(=O)CC(=O)Nc1ccccc1. The van der Waals surface area contributed by atoms with Crippen molar-refractivity contribution in [2.75, 3.05) is 10.6 Å². The van der Waals surface area contributed by atoms with E-state index in [1.807, 2.05) is 49.4 Å². The average molecular weight is 268 g/mol. The average Bonchev–Trinajstić information content (AvgIpc) is 2.42. The van der Waals surface area contributed by atoms with Gasteiger partial charge in [-0.2, -0.15) is 0 Å². The van der Waals surface area contributed by atoms with Crippen LogP contribution in [0.1, 0.15) is 12.0 Å². The zero-order chi connectivity index (χ0) is 14.4. The largest absolute Gasteiger partial charge is 0.326 e. The van der Waals surface area contributed by atoms with Crippen molar-refractivity contribution in [3.8, 4) is 0 Å². The summed E-state index contributed by atoms with van der Waals surface area (Å²) in [6.45, 7) is 1.90. The Morgan fingerprint density at radius 3 is 2.15 bits per heavy atom. The molecule has 2 rings (SSSR count). The molecule has 2 aromatic carbocycles. The van der Waals surface area contributed by atoms with Gasteiger partial charge in [-0.15, -0.1) is 0 Å². The van der Waals surface area contributed by atoms with Crippen LogP contribution in [0.5, 0.6) is 0 Å². The molecule has 102 valence electrons. The molecule has 0 heterocycles. The quantitative estimate of drug-likeness (QED) is 0.837. The number of hydrogen-bond donors (Lipinski definition) is 2. The summed E-state index contributed by atoms with van der Waals surface area (Å²) in [6, 6.07) is 16.5. The standard InChI is InChI=1S/C16H16N2O2/c1-12-7-5-6-10-14(12)18-16(20)11-15(19)17-13-8-3-2-4-9-13/h2-10H,11H2,1H3,(H,17,19)(H,18,20). The third-order valence-corrected chi connectivity index (χ3v) is 2.80. The fourth-order valence-electron chi connectivity index (χ4n) is 1.78. The molecule has 0 aliphatic rings. The molecule has 4 nitrogen and oxygen atoms in total. The van der Waals surface area contributed by atoms with Crippen LogP contribution >= 0.6 is 0 Å². The van der Waals surface area contributed by atoms with Crippen LogP contribution in [0.25, 0.3) is 0 Å². The van der Waals surface area contributed by atoms with Gasteiger partial charge in [-0.1, -0.05) is 36.4 Å². The van der Waals surface area contributed by atoms with Crippen LogP contribution in [-0.2, 0) is 9.59 Å². The fourth-order valence-corrected chi connectivity index (χ4v) is 1.78. The van der Waals surface area contributed by atoms with E-state index in [1.165, 1.54) is 0 Å². The molecule has 0 spiro atoms. The van der Waals surface area contributed by atoms with E-state index >= 15 is 0 Å². The number of benzene rings is 2. The van der Waals surface area contributed by atoms with Crippen molar-refractivity contribution in [3.05, 3.63) is 60.2 Å². The summed E-state index contributed by atoms with van der Waals surface area (Å²) in [7, 11) is 0. The summed E-state index contributed by atoms with van der Waals surface area (Å²) in [6.07, 6.45) is -0.205. The zero-order valence-electron chi connectivity index (χ0n) is 11.2. The van der Waals surface area contributed by atoms with Crippen molar-refractivity contribution >= 4 is 23.2 Å². The Kier molecular flexibility index (Phi) is 4.50. The highest BCUT2D eigenvalue weighted by Gasteiger charge is 2.10. The van der Waals surface area contributed by atoms with Gasteiger partial charge >= 0.3 is 0 Å². The lowest BCUT2D eigenvalue weighted by Crippen LogP contribution is -2.21. The molecule has 2 aromatic rings. The lowest BCUT2D eigenvalue weighted by molar-refractivity contribution is -0.123. The number of carbonyl (C=O) groups excluding carboxylic acids is 2. The monoisotopic (exact) mass is 268 g/mol. The van der Waals surface area contributed by atoms with E-state index in [4.69, 9.17) is 0 Å². The summed E-state index contributed by atoms with van der Waals surface area (Å²) in [4.78, 5) is 23.5. The van der Waals surface area contributed by atoms with E-state index in [0.29, 0.717) is 5.69 Å². The number of aryl methyl sites for hydroxylation is 1. The minimum Gasteiger partial charge on any atom is -0.326 e. The maximum Gasteiger partial charge on any atom is 0.233 e. The summed E-state index contributed by atoms with van der Waals surface area (Å²) in [5.74, 6) is -0.657. The van der Waals surface area contributed by atoms with Crippen LogP contribution in [0.2, 0.25) is 0 Å². The molecule has 0 unspecified atom stereocenters. The van der Waals surface area contributed by atoms with Gasteiger partial charge in [0.2, 0.25) is 11.8 Å². The van der Waals surface area contributed by atoms with Gasteiger partial charge in [-0.3, -0.25) is 9.59 Å². The molecule has 0 saturated heterocycles. The van der Waals surface area contributed by atoms with Gasteiger partial charge in [0.1, 0.15) is 6.42 Å². The minimum atomic E-state index is -0.331.